The Bertz CT molecular complexity index is 382. The lowest BCUT2D eigenvalue weighted by molar-refractivity contribution is -0.141. The Labute approximate surface area is 104 Å². The van der Waals surface area contributed by atoms with Crippen LogP contribution in [-0.4, -0.2) is 11.6 Å². The van der Waals surface area contributed by atoms with Gasteiger partial charge in [-0.3, -0.25) is 0 Å². The van der Waals surface area contributed by atoms with Gasteiger partial charge in [0.05, 0.1) is 12.8 Å². The zero-order valence-electron chi connectivity index (χ0n) is 10.2. The fourth-order valence-corrected chi connectivity index (χ4v) is 2.19. The lowest BCUT2D eigenvalue weighted by atomic mass is 9.74. The van der Waals surface area contributed by atoms with Crippen molar-refractivity contribution in [2.75, 3.05) is 6.61 Å². The first kappa shape index (κ1) is 13.2. The minimum atomic E-state index is -4.39. The van der Waals surface area contributed by atoms with Gasteiger partial charge in [0.25, 0.3) is 0 Å². The summed E-state index contributed by atoms with van der Waals surface area (Å²) in [6.45, 7) is 2.74. The van der Waals surface area contributed by atoms with Gasteiger partial charge in [-0.1, -0.05) is 13.3 Å². The normalized spacial score (nSPS) is 23.6. The number of alkyl halides is 3. The standard InChI is InChI=1S/C13H16F3NO/c1-2-9-5-10(6-9)8-18-11-3-4-12(17-7-11)13(14,15)16/h3-4,7,9-10H,2,5-6,8H2,1H3/t9-,10+. The molecule has 0 aliphatic heterocycles. The molecule has 0 aromatic carbocycles. The van der Waals surface area contributed by atoms with E-state index in [-0.39, 0.29) is 0 Å². The monoisotopic (exact) mass is 259 g/mol. The Morgan fingerprint density at radius 2 is 2.00 bits per heavy atom. The van der Waals surface area contributed by atoms with E-state index in [0.29, 0.717) is 18.3 Å². The number of ether oxygens (including phenoxy) is 1. The largest absolute Gasteiger partial charge is 0.492 e. The number of hydrogen-bond donors (Lipinski definition) is 0. The Hall–Kier alpha value is -1.26. The molecule has 0 bridgehead atoms. The van der Waals surface area contributed by atoms with E-state index < -0.39 is 11.9 Å². The summed E-state index contributed by atoms with van der Waals surface area (Å²) in [5.41, 5.74) is -0.885. The molecule has 0 unspecified atom stereocenters. The van der Waals surface area contributed by atoms with Crippen molar-refractivity contribution in [2.24, 2.45) is 11.8 Å². The molecule has 1 heterocycles. The quantitative estimate of drug-likeness (QED) is 0.817. The molecule has 100 valence electrons. The molecule has 0 saturated heterocycles. The molecule has 1 aliphatic carbocycles. The first-order valence-corrected chi connectivity index (χ1v) is 6.15. The van der Waals surface area contributed by atoms with E-state index in [0.717, 1.165) is 31.0 Å². The van der Waals surface area contributed by atoms with Crippen molar-refractivity contribution in [3.05, 3.63) is 24.0 Å². The van der Waals surface area contributed by atoms with E-state index >= 15 is 0 Å². The second-order valence-corrected chi connectivity index (χ2v) is 4.80. The summed E-state index contributed by atoms with van der Waals surface area (Å²) in [4.78, 5) is 3.35. The topological polar surface area (TPSA) is 22.1 Å². The van der Waals surface area contributed by atoms with E-state index in [1.54, 1.807) is 0 Å². The smallest absolute Gasteiger partial charge is 0.433 e. The molecule has 1 aliphatic rings. The van der Waals surface area contributed by atoms with Crippen LogP contribution < -0.4 is 4.74 Å². The Morgan fingerprint density at radius 1 is 1.28 bits per heavy atom. The summed E-state index contributed by atoms with van der Waals surface area (Å²) in [7, 11) is 0. The lowest BCUT2D eigenvalue weighted by Gasteiger charge is -2.34. The highest BCUT2D eigenvalue weighted by atomic mass is 19.4. The molecule has 1 aromatic rings. The van der Waals surface area contributed by atoms with E-state index in [2.05, 4.69) is 11.9 Å². The van der Waals surface area contributed by atoms with Crippen LogP contribution in [0.2, 0.25) is 0 Å². The highest BCUT2D eigenvalue weighted by Crippen LogP contribution is 2.36. The average Bonchev–Trinajstić information content (AvgIpc) is 2.27. The minimum absolute atomic E-state index is 0.406. The van der Waals surface area contributed by atoms with Crippen molar-refractivity contribution >= 4 is 0 Å². The summed E-state index contributed by atoms with van der Waals surface area (Å²) in [6.07, 6.45) is 0.257. The number of hydrogen-bond acceptors (Lipinski definition) is 2. The fraction of sp³-hybridized carbons (Fsp3) is 0.615. The van der Waals surface area contributed by atoms with Crippen LogP contribution in [0.1, 0.15) is 31.9 Å². The third-order valence-corrected chi connectivity index (χ3v) is 3.42. The molecule has 1 aromatic heterocycles. The molecule has 1 saturated carbocycles. The molecule has 0 atom stereocenters. The van der Waals surface area contributed by atoms with Crippen LogP contribution in [0.4, 0.5) is 13.2 Å². The highest BCUT2D eigenvalue weighted by molar-refractivity contribution is 5.21. The van der Waals surface area contributed by atoms with Gasteiger partial charge in [-0.25, -0.2) is 4.98 Å². The Balaban J connectivity index is 1.81. The van der Waals surface area contributed by atoms with E-state index in [1.165, 1.54) is 12.5 Å². The summed E-state index contributed by atoms with van der Waals surface area (Å²) >= 11 is 0. The van der Waals surface area contributed by atoms with E-state index in [4.69, 9.17) is 4.74 Å². The summed E-state index contributed by atoms with van der Waals surface area (Å²) in [6, 6.07) is 2.27. The second-order valence-electron chi connectivity index (χ2n) is 4.80. The predicted octanol–water partition coefficient (Wildman–Crippen LogP) is 3.92. The molecule has 2 rings (SSSR count). The van der Waals surface area contributed by atoms with Crippen LogP contribution in [0.5, 0.6) is 5.75 Å². The zero-order valence-corrected chi connectivity index (χ0v) is 10.2. The van der Waals surface area contributed by atoms with Gasteiger partial charge < -0.3 is 4.74 Å². The van der Waals surface area contributed by atoms with Crippen molar-refractivity contribution < 1.29 is 17.9 Å². The highest BCUT2D eigenvalue weighted by Gasteiger charge is 2.32. The SMILES string of the molecule is CC[C@H]1C[C@@H](COc2ccc(C(F)(F)F)nc2)C1. The van der Waals surface area contributed by atoms with Crippen molar-refractivity contribution in [2.45, 2.75) is 32.4 Å². The maximum atomic E-state index is 12.3. The molecule has 5 heteroatoms. The number of halogens is 3. The van der Waals surface area contributed by atoms with Gasteiger partial charge >= 0.3 is 6.18 Å². The first-order valence-electron chi connectivity index (χ1n) is 6.15. The van der Waals surface area contributed by atoms with Crippen LogP contribution in [0.25, 0.3) is 0 Å². The molecule has 18 heavy (non-hydrogen) atoms. The third kappa shape index (κ3) is 3.15. The van der Waals surface area contributed by atoms with Crippen molar-refractivity contribution in [3.63, 3.8) is 0 Å². The third-order valence-electron chi connectivity index (χ3n) is 3.42. The molecule has 1 fully saturated rings. The molecule has 0 spiro atoms. The maximum Gasteiger partial charge on any atom is 0.433 e. The molecule has 0 radical (unpaired) electrons. The average molecular weight is 259 g/mol. The van der Waals surface area contributed by atoms with Gasteiger partial charge in [0, 0.05) is 0 Å². The van der Waals surface area contributed by atoms with E-state index in [1.807, 2.05) is 0 Å². The minimum Gasteiger partial charge on any atom is -0.492 e. The number of rotatable bonds is 4. The van der Waals surface area contributed by atoms with Gasteiger partial charge in [0.1, 0.15) is 11.4 Å². The number of nitrogens with zero attached hydrogens (tertiary/aromatic N) is 1. The van der Waals surface area contributed by atoms with Crippen molar-refractivity contribution in [1.29, 1.82) is 0 Å². The Morgan fingerprint density at radius 3 is 2.50 bits per heavy atom. The van der Waals surface area contributed by atoms with Crippen LogP contribution >= 0.6 is 0 Å². The summed E-state index contributed by atoms with van der Waals surface area (Å²) in [5.74, 6) is 1.74. The zero-order chi connectivity index (χ0) is 13.2. The maximum absolute atomic E-state index is 12.3. The van der Waals surface area contributed by atoms with Gasteiger partial charge in [0.15, 0.2) is 0 Å². The second kappa shape index (κ2) is 5.16. The fourth-order valence-electron chi connectivity index (χ4n) is 2.19. The molecule has 0 amide bonds. The lowest BCUT2D eigenvalue weighted by Crippen LogP contribution is -2.28. The van der Waals surface area contributed by atoms with Crippen LogP contribution in [0.15, 0.2) is 18.3 Å². The van der Waals surface area contributed by atoms with Gasteiger partial charge in [-0.15, -0.1) is 0 Å². The molecular weight excluding hydrogens is 243 g/mol. The van der Waals surface area contributed by atoms with Crippen LogP contribution in [-0.2, 0) is 6.18 Å². The number of pyridine rings is 1. The molecule has 0 N–H and O–H groups in total. The van der Waals surface area contributed by atoms with Crippen LogP contribution in [0, 0.1) is 11.8 Å². The predicted molar refractivity (Wildman–Crippen MR) is 61.2 cm³/mol. The first-order chi connectivity index (χ1) is 8.49. The Kier molecular flexibility index (Phi) is 3.78. The van der Waals surface area contributed by atoms with Gasteiger partial charge in [-0.05, 0) is 36.8 Å². The number of aromatic nitrogens is 1. The molecular formula is C13H16F3NO. The summed E-state index contributed by atoms with van der Waals surface area (Å²) in [5, 5.41) is 0. The molecule has 2 nitrogen and oxygen atoms in total. The van der Waals surface area contributed by atoms with E-state index in [9.17, 15) is 13.2 Å². The van der Waals surface area contributed by atoms with Crippen molar-refractivity contribution in [1.82, 2.24) is 4.98 Å². The van der Waals surface area contributed by atoms with Crippen LogP contribution in [0.3, 0.4) is 0 Å². The van der Waals surface area contributed by atoms with Crippen molar-refractivity contribution in [3.8, 4) is 5.75 Å². The van der Waals surface area contributed by atoms with Gasteiger partial charge in [-0.2, -0.15) is 13.2 Å². The summed E-state index contributed by atoms with van der Waals surface area (Å²) < 4.78 is 42.3. The van der Waals surface area contributed by atoms with Gasteiger partial charge in [0.2, 0.25) is 0 Å².